The van der Waals surface area contributed by atoms with Crippen LogP contribution in [-0.4, -0.2) is 62.6 Å². The van der Waals surface area contributed by atoms with Gasteiger partial charge in [-0.05, 0) is 50.5 Å². The lowest BCUT2D eigenvalue weighted by atomic mass is 9.71. The van der Waals surface area contributed by atoms with Gasteiger partial charge < -0.3 is 9.47 Å². The van der Waals surface area contributed by atoms with Gasteiger partial charge in [-0.1, -0.05) is 6.92 Å². The molecular formula is C23H30N8O4S. The number of ether oxygens (including phenoxy) is 2. The number of hydrogen-bond donors (Lipinski definition) is 1. The van der Waals surface area contributed by atoms with Gasteiger partial charge in [-0.25, -0.2) is 18.4 Å². The fourth-order valence-electron chi connectivity index (χ4n) is 4.77. The summed E-state index contributed by atoms with van der Waals surface area (Å²) >= 11 is 0. The summed E-state index contributed by atoms with van der Waals surface area (Å²) in [4.78, 5) is 17.0. The van der Waals surface area contributed by atoms with E-state index in [2.05, 4.69) is 34.9 Å². The fraction of sp³-hybridized carbons (Fsp3) is 0.565. The van der Waals surface area contributed by atoms with E-state index in [4.69, 9.17) is 9.47 Å². The van der Waals surface area contributed by atoms with Gasteiger partial charge in [0.25, 0.3) is 0 Å². The Morgan fingerprint density at radius 3 is 2.19 bits per heavy atom. The third-order valence-electron chi connectivity index (χ3n) is 7.37. The van der Waals surface area contributed by atoms with E-state index in [1.807, 2.05) is 6.92 Å². The molecule has 2 unspecified atom stereocenters. The van der Waals surface area contributed by atoms with E-state index in [9.17, 15) is 8.42 Å². The zero-order valence-electron chi connectivity index (χ0n) is 21.0. The van der Waals surface area contributed by atoms with Crippen LogP contribution < -0.4 is 14.2 Å². The third-order valence-corrected chi connectivity index (χ3v) is 9.22. The highest BCUT2D eigenvalue weighted by atomic mass is 32.2. The van der Waals surface area contributed by atoms with Crippen molar-refractivity contribution >= 4 is 16.0 Å². The van der Waals surface area contributed by atoms with E-state index in [1.165, 1.54) is 33.4 Å². The Kier molecular flexibility index (Phi) is 6.05. The molecule has 1 N–H and O–H groups in total. The third kappa shape index (κ3) is 4.25. The van der Waals surface area contributed by atoms with Crippen LogP contribution >= 0.6 is 0 Å². The highest BCUT2D eigenvalue weighted by Crippen LogP contribution is 2.66. The molecule has 2 atom stereocenters. The maximum Gasteiger partial charge on any atom is 0.245 e. The second-order valence-electron chi connectivity index (χ2n) is 9.82. The van der Waals surface area contributed by atoms with Gasteiger partial charge in [0.2, 0.25) is 27.7 Å². The van der Waals surface area contributed by atoms with Crippen molar-refractivity contribution < 1.29 is 17.9 Å². The van der Waals surface area contributed by atoms with Gasteiger partial charge >= 0.3 is 0 Å². The van der Waals surface area contributed by atoms with Crippen LogP contribution in [0.1, 0.15) is 68.6 Å². The van der Waals surface area contributed by atoms with Crippen LogP contribution in [0.15, 0.2) is 18.7 Å². The molecule has 2 aliphatic rings. The van der Waals surface area contributed by atoms with Crippen molar-refractivity contribution in [2.45, 2.75) is 63.5 Å². The Hall–Kier alpha value is -3.35. The first-order chi connectivity index (χ1) is 17.2. The van der Waals surface area contributed by atoms with Gasteiger partial charge in [-0.3, -0.25) is 9.29 Å². The molecule has 0 bridgehead atoms. The summed E-state index contributed by atoms with van der Waals surface area (Å²) in [5.41, 5.74) is 1.65. The number of anilines is 1. The number of nitrogens with zero attached hydrogens (tertiary/aromatic N) is 7. The molecule has 5 rings (SSSR count). The first-order valence-corrected chi connectivity index (χ1v) is 13.4. The van der Waals surface area contributed by atoms with Crippen molar-refractivity contribution in [3.05, 3.63) is 35.9 Å². The number of rotatable bonds is 9. The van der Waals surface area contributed by atoms with Crippen LogP contribution in [-0.2, 0) is 10.0 Å². The first-order valence-electron chi connectivity index (χ1n) is 11.9. The molecule has 36 heavy (non-hydrogen) atoms. The molecule has 12 nitrogen and oxygen atoms in total. The molecule has 0 saturated heterocycles. The smallest absolute Gasteiger partial charge is 0.245 e. The molecule has 3 aromatic rings. The largest absolute Gasteiger partial charge is 0.479 e. The molecule has 0 radical (unpaired) electrons. The Labute approximate surface area is 210 Å². The molecule has 13 heteroatoms. The molecular weight excluding hydrogens is 484 g/mol. The Morgan fingerprint density at radius 2 is 1.64 bits per heavy atom. The van der Waals surface area contributed by atoms with Crippen molar-refractivity contribution in [1.82, 2.24) is 34.7 Å². The maximum atomic E-state index is 13.5. The summed E-state index contributed by atoms with van der Waals surface area (Å²) < 4.78 is 42.3. The summed E-state index contributed by atoms with van der Waals surface area (Å²) in [6, 6.07) is 0. The van der Waals surface area contributed by atoms with Gasteiger partial charge in [0.05, 0.1) is 19.5 Å². The minimum atomic E-state index is -3.93. The van der Waals surface area contributed by atoms with E-state index in [0.717, 1.165) is 18.4 Å². The molecule has 3 aromatic heterocycles. The predicted octanol–water partition coefficient (Wildman–Crippen LogP) is 2.76. The molecule has 3 heterocycles. The van der Waals surface area contributed by atoms with E-state index in [0.29, 0.717) is 22.8 Å². The molecule has 0 aromatic carbocycles. The van der Waals surface area contributed by atoms with Crippen LogP contribution in [0.25, 0.3) is 5.69 Å². The standard InChI is InChI=1S/C23H30N8O4S/c1-13-10-24-18(25-11-13)14(2)15(3)36(32,33)30-22-29-28-19(16-8-23(9-16)6-7-23)31(22)17-20(34-4)26-12-27-21(17)35-5/h10-12,14-16H,6-9H2,1-5H3,(H,29,30). The number of hydrogen-bond acceptors (Lipinski definition) is 10. The van der Waals surface area contributed by atoms with E-state index >= 15 is 0 Å². The lowest BCUT2D eigenvalue weighted by molar-refractivity contribution is 0.226. The van der Waals surface area contributed by atoms with Gasteiger partial charge in [-0.2, -0.15) is 9.97 Å². The van der Waals surface area contributed by atoms with Crippen molar-refractivity contribution in [1.29, 1.82) is 0 Å². The van der Waals surface area contributed by atoms with Crippen molar-refractivity contribution in [2.75, 3.05) is 18.9 Å². The summed E-state index contributed by atoms with van der Waals surface area (Å²) in [7, 11) is -0.969. The van der Waals surface area contributed by atoms with Crippen LogP contribution in [0.5, 0.6) is 11.8 Å². The van der Waals surface area contributed by atoms with Crippen LogP contribution in [0.2, 0.25) is 0 Å². The topological polar surface area (TPSA) is 147 Å². The molecule has 0 amide bonds. The Bertz CT molecular complexity index is 1340. The second kappa shape index (κ2) is 8.95. The number of methoxy groups -OCH3 is 2. The number of sulfonamides is 1. The van der Waals surface area contributed by atoms with Crippen LogP contribution in [0.3, 0.4) is 0 Å². The van der Waals surface area contributed by atoms with E-state index in [1.54, 1.807) is 30.8 Å². The zero-order valence-corrected chi connectivity index (χ0v) is 21.8. The molecule has 0 aliphatic heterocycles. The monoisotopic (exact) mass is 514 g/mol. The second-order valence-corrected chi connectivity index (χ2v) is 11.9. The lowest BCUT2D eigenvalue weighted by Gasteiger charge is -2.35. The van der Waals surface area contributed by atoms with Crippen molar-refractivity contribution in [3.8, 4) is 17.4 Å². The number of nitrogens with one attached hydrogen (secondary N) is 1. The number of aryl methyl sites for hydroxylation is 1. The van der Waals surface area contributed by atoms with Gasteiger partial charge in [0.1, 0.15) is 18.0 Å². The highest BCUT2D eigenvalue weighted by Gasteiger charge is 2.55. The SMILES string of the molecule is COc1ncnc(OC)c1-n1c(NS(=O)(=O)C(C)C(C)c2ncc(C)cn2)nnc1C1CC2(CC2)C1. The molecule has 2 fully saturated rings. The normalized spacial score (nSPS) is 18.4. The summed E-state index contributed by atoms with van der Waals surface area (Å²) in [6.07, 6.45) is 9.07. The molecule has 1 spiro atoms. The van der Waals surface area contributed by atoms with Crippen molar-refractivity contribution in [2.24, 2.45) is 5.41 Å². The molecule has 2 saturated carbocycles. The fourth-order valence-corrected chi connectivity index (χ4v) is 6.01. The van der Waals surface area contributed by atoms with E-state index in [-0.39, 0.29) is 23.6 Å². The van der Waals surface area contributed by atoms with E-state index < -0.39 is 21.2 Å². The molecule has 2 aliphatic carbocycles. The number of aromatic nitrogens is 7. The van der Waals surface area contributed by atoms with Crippen LogP contribution in [0.4, 0.5) is 5.95 Å². The zero-order chi connectivity index (χ0) is 25.7. The highest BCUT2D eigenvalue weighted by molar-refractivity contribution is 7.93. The quantitative estimate of drug-likeness (QED) is 0.452. The minimum Gasteiger partial charge on any atom is -0.479 e. The Balaban J connectivity index is 1.53. The van der Waals surface area contributed by atoms with Crippen LogP contribution in [0, 0.1) is 12.3 Å². The molecule has 192 valence electrons. The lowest BCUT2D eigenvalue weighted by Crippen LogP contribution is -2.32. The summed E-state index contributed by atoms with van der Waals surface area (Å²) in [5, 5.41) is 7.80. The average Bonchev–Trinajstić information content (AvgIpc) is 3.57. The van der Waals surface area contributed by atoms with Gasteiger partial charge in [0, 0.05) is 24.2 Å². The van der Waals surface area contributed by atoms with Crippen molar-refractivity contribution in [3.63, 3.8) is 0 Å². The average molecular weight is 515 g/mol. The minimum absolute atomic E-state index is 0.0250. The predicted molar refractivity (Wildman–Crippen MR) is 131 cm³/mol. The summed E-state index contributed by atoms with van der Waals surface area (Å²) in [5.74, 6) is 1.20. The first kappa shape index (κ1) is 24.3. The summed E-state index contributed by atoms with van der Waals surface area (Å²) in [6.45, 7) is 5.28. The van der Waals surface area contributed by atoms with Gasteiger partial charge in [-0.15, -0.1) is 10.2 Å². The maximum absolute atomic E-state index is 13.5. The van der Waals surface area contributed by atoms with Gasteiger partial charge in [0.15, 0.2) is 5.69 Å². The Morgan fingerprint density at radius 1 is 1.03 bits per heavy atom.